The molecule has 82 valence electrons. The molecule has 2 N–H and O–H groups in total. The molecule has 0 aromatic rings. The second-order valence-electron chi connectivity index (χ2n) is 4.97. The normalized spacial score (nSPS) is 32.9. The fourth-order valence-electron chi connectivity index (χ4n) is 2.19. The highest BCUT2D eigenvalue weighted by molar-refractivity contribution is 5.68. The van der Waals surface area contributed by atoms with Crippen molar-refractivity contribution in [2.75, 3.05) is 20.1 Å². The van der Waals surface area contributed by atoms with E-state index in [0.717, 1.165) is 13.1 Å². The molecule has 1 heterocycles. The summed E-state index contributed by atoms with van der Waals surface area (Å²) in [6.45, 7) is 5.33. The standard InChI is InChI=1S/C10H19NO3/c1-9(2)7-11(3)5-4-10(9,14)6-8(12)13/h14H,4-7H2,1-3H3,(H,12,13). The molecule has 0 bridgehead atoms. The van der Waals surface area contributed by atoms with Crippen LogP contribution in [0.4, 0.5) is 0 Å². The van der Waals surface area contributed by atoms with Crippen LogP contribution in [0.5, 0.6) is 0 Å². The first-order valence-electron chi connectivity index (χ1n) is 4.90. The first-order valence-corrected chi connectivity index (χ1v) is 4.90. The van der Waals surface area contributed by atoms with Gasteiger partial charge in [0.2, 0.25) is 0 Å². The zero-order chi connectivity index (χ0) is 11.0. The van der Waals surface area contributed by atoms with E-state index in [-0.39, 0.29) is 11.8 Å². The number of carboxylic acid groups (broad SMARTS) is 1. The van der Waals surface area contributed by atoms with E-state index in [9.17, 15) is 9.90 Å². The number of piperidine rings is 1. The third-order valence-electron chi connectivity index (χ3n) is 3.28. The highest BCUT2D eigenvalue weighted by Gasteiger charge is 2.47. The molecule has 1 aliphatic heterocycles. The Kier molecular flexibility index (Phi) is 2.88. The minimum Gasteiger partial charge on any atom is -0.481 e. The molecule has 0 saturated carbocycles. The summed E-state index contributed by atoms with van der Waals surface area (Å²) in [6.07, 6.45) is 0.372. The third kappa shape index (κ3) is 2.07. The van der Waals surface area contributed by atoms with Crippen LogP contribution in [0.3, 0.4) is 0 Å². The molecule has 0 aromatic heterocycles. The maximum atomic E-state index is 10.7. The van der Waals surface area contributed by atoms with Gasteiger partial charge >= 0.3 is 5.97 Å². The van der Waals surface area contributed by atoms with Crippen LogP contribution in [-0.4, -0.2) is 46.8 Å². The molecule has 1 unspecified atom stereocenters. The van der Waals surface area contributed by atoms with Crippen molar-refractivity contribution in [3.63, 3.8) is 0 Å². The van der Waals surface area contributed by atoms with Crippen LogP contribution in [-0.2, 0) is 4.79 Å². The van der Waals surface area contributed by atoms with Crippen molar-refractivity contribution in [1.29, 1.82) is 0 Å². The molecule has 0 aliphatic carbocycles. The van der Waals surface area contributed by atoms with Crippen LogP contribution in [0.25, 0.3) is 0 Å². The lowest BCUT2D eigenvalue weighted by Crippen LogP contribution is -2.57. The summed E-state index contributed by atoms with van der Waals surface area (Å²) in [6, 6.07) is 0. The van der Waals surface area contributed by atoms with E-state index in [0.29, 0.717) is 6.42 Å². The summed E-state index contributed by atoms with van der Waals surface area (Å²) in [5.41, 5.74) is -1.43. The molecule has 0 radical (unpaired) electrons. The van der Waals surface area contributed by atoms with E-state index in [1.54, 1.807) is 0 Å². The maximum absolute atomic E-state index is 10.7. The smallest absolute Gasteiger partial charge is 0.306 e. The summed E-state index contributed by atoms with van der Waals surface area (Å²) >= 11 is 0. The van der Waals surface area contributed by atoms with E-state index in [4.69, 9.17) is 5.11 Å². The van der Waals surface area contributed by atoms with Crippen molar-refractivity contribution in [2.45, 2.75) is 32.3 Å². The number of aliphatic hydroxyl groups is 1. The minimum absolute atomic E-state index is 0.159. The maximum Gasteiger partial charge on any atom is 0.306 e. The lowest BCUT2D eigenvalue weighted by atomic mass is 9.68. The number of nitrogens with zero attached hydrogens (tertiary/aromatic N) is 1. The van der Waals surface area contributed by atoms with Crippen LogP contribution < -0.4 is 0 Å². The highest BCUT2D eigenvalue weighted by atomic mass is 16.4. The van der Waals surface area contributed by atoms with Crippen LogP contribution in [0, 0.1) is 5.41 Å². The monoisotopic (exact) mass is 201 g/mol. The van der Waals surface area contributed by atoms with Gasteiger partial charge in [-0.2, -0.15) is 0 Å². The summed E-state index contributed by atoms with van der Waals surface area (Å²) < 4.78 is 0. The largest absolute Gasteiger partial charge is 0.481 e. The molecule has 0 aromatic carbocycles. The van der Waals surface area contributed by atoms with Gasteiger partial charge in [-0.3, -0.25) is 4.79 Å². The fraction of sp³-hybridized carbons (Fsp3) is 0.900. The summed E-state index contributed by atoms with van der Waals surface area (Å²) in [4.78, 5) is 12.8. The predicted octanol–water partition coefficient (Wildman–Crippen LogP) is 0.554. The molecular formula is C10H19NO3. The van der Waals surface area contributed by atoms with Gasteiger partial charge < -0.3 is 15.1 Å². The Morgan fingerprint density at radius 2 is 2.07 bits per heavy atom. The van der Waals surface area contributed by atoms with E-state index in [2.05, 4.69) is 4.90 Å². The van der Waals surface area contributed by atoms with E-state index in [1.807, 2.05) is 20.9 Å². The van der Waals surface area contributed by atoms with Gasteiger partial charge in [0.05, 0.1) is 12.0 Å². The number of carbonyl (C=O) groups is 1. The molecule has 4 nitrogen and oxygen atoms in total. The van der Waals surface area contributed by atoms with Gasteiger partial charge in [-0.25, -0.2) is 0 Å². The molecule has 4 heteroatoms. The van der Waals surface area contributed by atoms with Crippen molar-refractivity contribution in [1.82, 2.24) is 4.90 Å². The van der Waals surface area contributed by atoms with Gasteiger partial charge in [-0.1, -0.05) is 13.8 Å². The Morgan fingerprint density at radius 1 is 1.50 bits per heavy atom. The van der Waals surface area contributed by atoms with Gasteiger partial charge in [-0.15, -0.1) is 0 Å². The van der Waals surface area contributed by atoms with Gasteiger partial charge in [0.25, 0.3) is 0 Å². The number of likely N-dealkylation sites (tertiary alicyclic amines) is 1. The number of hydrogen-bond acceptors (Lipinski definition) is 3. The molecule has 0 amide bonds. The van der Waals surface area contributed by atoms with Crippen LogP contribution in [0.15, 0.2) is 0 Å². The SMILES string of the molecule is CN1CCC(O)(CC(=O)O)C(C)(C)C1. The molecule has 1 atom stereocenters. The van der Waals surface area contributed by atoms with Gasteiger partial charge in [0, 0.05) is 18.5 Å². The molecule has 1 aliphatic rings. The van der Waals surface area contributed by atoms with Crippen LogP contribution in [0.2, 0.25) is 0 Å². The van der Waals surface area contributed by atoms with Crippen molar-refractivity contribution in [3.05, 3.63) is 0 Å². The van der Waals surface area contributed by atoms with Gasteiger partial charge in [-0.05, 0) is 13.5 Å². The Morgan fingerprint density at radius 3 is 2.50 bits per heavy atom. The first-order chi connectivity index (χ1) is 6.27. The average Bonchev–Trinajstić information content (AvgIpc) is 1.96. The van der Waals surface area contributed by atoms with Crippen molar-refractivity contribution in [2.24, 2.45) is 5.41 Å². The Bertz CT molecular complexity index is 240. The lowest BCUT2D eigenvalue weighted by Gasteiger charge is -2.48. The average molecular weight is 201 g/mol. The van der Waals surface area contributed by atoms with Gasteiger partial charge in [0.15, 0.2) is 0 Å². The van der Waals surface area contributed by atoms with Crippen molar-refractivity contribution in [3.8, 4) is 0 Å². The zero-order valence-electron chi connectivity index (χ0n) is 9.08. The molecular weight excluding hydrogens is 182 g/mol. The van der Waals surface area contributed by atoms with E-state index >= 15 is 0 Å². The lowest BCUT2D eigenvalue weighted by molar-refractivity contribution is -0.158. The molecule has 1 saturated heterocycles. The zero-order valence-corrected chi connectivity index (χ0v) is 9.08. The Labute approximate surface area is 84.5 Å². The summed E-state index contributed by atoms with van der Waals surface area (Å²) in [5.74, 6) is -0.926. The van der Waals surface area contributed by atoms with Crippen molar-refractivity contribution < 1.29 is 15.0 Å². The number of carboxylic acids is 1. The Balaban J connectivity index is 2.81. The van der Waals surface area contributed by atoms with E-state index in [1.165, 1.54) is 0 Å². The highest BCUT2D eigenvalue weighted by Crippen LogP contribution is 2.40. The summed E-state index contributed by atoms with van der Waals surface area (Å²) in [5, 5.41) is 19.0. The van der Waals surface area contributed by atoms with E-state index < -0.39 is 11.6 Å². The number of hydrogen-bond donors (Lipinski definition) is 2. The predicted molar refractivity (Wildman–Crippen MR) is 53.1 cm³/mol. The molecule has 0 spiro atoms. The molecule has 1 rings (SSSR count). The quantitative estimate of drug-likeness (QED) is 0.685. The van der Waals surface area contributed by atoms with Crippen molar-refractivity contribution >= 4 is 5.97 Å². The first kappa shape index (κ1) is 11.5. The second kappa shape index (κ2) is 3.51. The molecule has 1 fully saturated rings. The second-order valence-corrected chi connectivity index (χ2v) is 4.97. The third-order valence-corrected chi connectivity index (χ3v) is 3.28. The topological polar surface area (TPSA) is 60.8 Å². The van der Waals surface area contributed by atoms with Gasteiger partial charge in [0.1, 0.15) is 0 Å². The number of rotatable bonds is 2. The Hall–Kier alpha value is -0.610. The number of aliphatic carboxylic acids is 1. The molecule has 14 heavy (non-hydrogen) atoms. The fourth-order valence-corrected chi connectivity index (χ4v) is 2.19. The minimum atomic E-state index is -1.06. The van der Waals surface area contributed by atoms with Crippen LogP contribution in [0.1, 0.15) is 26.7 Å². The van der Waals surface area contributed by atoms with Crippen LogP contribution >= 0.6 is 0 Å². The summed E-state index contributed by atoms with van der Waals surface area (Å²) in [7, 11) is 1.99.